The van der Waals surface area contributed by atoms with Crippen LogP contribution in [0.5, 0.6) is 0 Å². The van der Waals surface area contributed by atoms with Gasteiger partial charge >= 0.3 is 0 Å². The molecule has 0 aliphatic carbocycles. The van der Waals surface area contributed by atoms with Gasteiger partial charge in [0.15, 0.2) is 14.6 Å². The fourth-order valence-electron chi connectivity index (χ4n) is 2.82. The minimum atomic E-state index is -3.90. The van der Waals surface area contributed by atoms with Crippen LogP contribution in [0.2, 0.25) is 0 Å². The third-order valence-corrected chi connectivity index (χ3v) is 6.97. The summed E-state index contributed by atoms with van der Waals surface area (Å²) in [7, 11) is -2.49. The van der Waals surface area contributed by atoms with Crippen molar-refractivity contribution in [2.24, 2.45) is 0 Å². The summed E-state index contributed by atoms with van der Waals surface area (Å²) in [5.74, 6) is -2.23. The molecule has 2 rings (SSSR count). The number of benzene rings is 1. The van der Waals surface area contributed by atoms with Crippen LogP contribution in [-0.2, 0) is 21.2 Å². The van der Waals surface area contributed by atoms with E-state index in [0.717, 1.165) is 19.2 Å². The summed E-state index contributed by atoms with van der Waals surface area (Å²) in [6.07, 6.45) is 1.97. The zero-order valence-electron chi connectivity index (χ0n) is 16.6. The summed E-state index contributed by atoms with van der Waals surface area (Å²) in [5.41, 5.74) is 1.60. The molecule has 1 aromatic heterocycles. The molecule has 1 heterocycles. The van der Waals surface area contributed by atoms with Crippen LogP contribution in [-0.4, -0.2) is 48.1 Å². The lowest BCUT2D eigenvalue weighted by molar-refractivity contribution is -0.131. The molecule has 0 fully saturated rings. The number of aryl methyl sites for hydroxylation is 1. The number of hydroxylamine groups is 1. The Labute approximate surface area is 172 Å². The number of nitrogens with one attached hydrogen (secondary N) is 2. The molecule has 0 spiro atoms. The first-order valence-electron chi connectivity index (χ1n) is 8.80. The van der Waals surface area contributed by atoms with Gasteiger partial charge in [-0.2, -0.15) is 0 Å². The van der Waals surface area contributed by atoms with Gasteiger partial charge in [-0.05, 0) is 48.7 Å². The van der Waals surface area contributed by atoms with Crippen LogP contribution >= 0.6 is 0 Å². The van der Waals surface area contributed by atoms with Gasteiger partial charge in [-0.1, -0.05) is 0 Å². The number of pyridine rings is 1. The zero-order chi connectivity index (χ0) is 22.7. The van der Waals surface area contributed by atoms with E-state index in [0.29, 0.717) is 11.1 Å². The van der Waals surface area contributed by atoms with Crippen LogP contribution in [0.25, 0.3) is 11.1 Å². The zero-order valence-corrected chi connectivity index (χ0v) is 17.4. The Morgan fingerprint density at radius 3 is 2.40 bits per heavy atom. The molecule has 11 heteroatoms. The van der Waals surface area contributed by atoms with Crippen LogP contribution < -0.4 is 16.4 Å². The fourth-order valence-corrected chi connectivity index (χ4v) is 3.67. The Morgan fingerprint density at radius 2 is 1.87 bits per heavy atom. The molecule has 0 radical (unpaired) electrons. The molecule has 0 bridgehead atoms. The Morgan fingerprint density at radius 1 is 1.20 bits per heavy atom. The normalized spacial score (nSPS) is 13.4. The van der Waals surface area contributed by atoms with Gasteiger partial charge in [0.1, 0.15) is 5.82 Å². The van der Waals surface area contributed by atoms with Crippen molar-refractivity contribution >= 4 is 21.7 Å². The molecule has 1 aromatic carbocycles. The number of nitrogens with zero attached hydrogens (tertiary/aromatic N) is 1. The van der Waals surface area contributed by atoms with Gasteiger partial charge in [0, 0.05) is 37.7 Å². The van der Waals surface area contributed by atoms with Crippen molar-refractivity contribution in [2.45, 2.75) is 24.6 Å². The number of hydrogen-bond acceptors (Lipinski definition) is 6. The summed E-state index contributed by atoms with van der Waals surface area (Å²) in [6.45, 7) is 1.03. The lowest BCUT2D eigenvalue weighted by Gasteiger charge is -2.25. The molecule has 9 nitrogen and oxygen atoms in total. The first kappa shape index (κ1) is 23.2. The minimum absolute atomic E-state index is 0.0932. The molecule has 1 unspecified atom stereocenters. The van der Waals surface area contributed by atoms with E-state index in [1.165, 1.54) is 47.6 Å². The second-order valence-electron chi connectivity index (χ2n) is 6.95. The minimum Gasteiger partial charge on any atom is -0.355 e. The number of hydrogen-bond donors (Lipinski definition) is 3. The molecule has 0 saturated carbocycles. The predicted molar refractivity (Wildman–Crippen MR) is 107 cm³/mol. The average molecular weight is 439 g/mol. The van der Waals surface area contributed by atoms with Gasteiger partial charge in [0.2, 0.25) is 0 Å². The van der Waals surface area contributed by atoms with E-state index in [1.807, 2.05) is 0 Å². The van der Waals surface area contributed by atoms with Gasteiger partial charge in [-0.25, -0.2) is 18.3 Å². The Hall–Kier alpha value is -3.05. The average Bonchev–Trinajstić information content (AvgIpc) is 2.69. The van der Waals surface area contributed by atoms with Crippen molar-refractivity contribution in [1.82, 2.24) is 15.4 Å². The first-order chi connectivity index (χ1) is 13.9. The third-order valence-electron chi connectivity index (χ3n) is 4.95. The molecular formula is C19H22FN3O6S. The van der Waals surface area contributed by atoms with Gasteiger partial charge in [0.05, 0.1) is 0 Å². The smallest absolute Gasteiger partial charge is 0.264 e. The number of carbonyl (C=O) groups excluding carboxylic acids is 2. The van der Waals surface area contributed by atoms with E-state index in [4.69, 9.17) is 5.21 Å². The molecule has 0 saturated heterocycles. The largest absolute Gasteiger partial charge is 0.355 e. The molecule has 1 atom stereocenters. The summed E-state index contributed by atoms with van der Waals surface area (Å²) >= 11 is 0. The standard InChI is InChI=1S/C19H22FN3O6S/c1-19(18(26)22-27,30(3,28)29)5-7-23-6-4-12(11-16(23)24)13-8-14(17(25)21-2)10-15(20)9-13/h4,6,8-11,27H,5,7H2,1-3H3,(H,21,25)(H,22,26). The summed E-state index contributed by atoms with van der Waals surface area (Å²) in [5, 5.41) is 11.3. The van der Waals surface area contributed by atoms with Crippen LogP contribution in [0.15, 0.2) is 41.3 Å². The Balaban J connectivity index is 2.35. The van der Waals surface area contributed by atoms with Gasteiger partial charge in [-0.3, -0.25) is 19.6 Å². The Kier molecular flexibility index (Phi) is 6.78. The highest BCUT2D eigenvalue weighted by molar-refractivity contribution is 7.92. The van der Waals surface area contributed by atoms with Crippen molar-refractivity contribution in [3.05, 3.63) is 58.3 Å². The second kappa shape index (κ2) is 8.76. The lowest BCUT2D eigenvalue weighted by atomic mass is 10.0. The molecular weight excluding hydrogens is 417 g/mol. The van der Waals surface area contributed by atoms with Crippen molar-refractivity contribution in [3.8, 4) is 11.1 Å². The third kappa shape index (κ3) is 4.74. The quantitative estimate of drug-likeness (QED) is 0.430. The highest BCUT2D eigenvalue weighted by atomic mass is 32.2. The maximum absolute atomic E-state index is 13.9. The number of halogens is 1. The van der Waals surface area contributed by atoms with Crippen molar-refractivity contribution < 1.29 is 27.6 Å². The van der Waals surface area contributed by atoms with Crippen LogP contribution in [0.1, 0.15) is 23.7 Å². The number of carbonyl (C=O) groups is 2. The monoisotopic (exact) mass is 439 g/mol. The number of rotatable bonds is 7. The van der Waals surface area contributed by atoms with E-state index in [1.54, 1.807) is 0 Å². The Bertz CT molecular complexity index is 1150. The highest BCUT2D eigenvalue weighted by Gasteiger charge is 2.43. The predicted octanol–water partition coefficient (Wildman–Crippen LogP) is 0.713. The molecule has 2 amide bonds. The summed E-state index contributed by atoms with van der Waals surface area (Å²) in [6, 6.07) is 6.41. The molecule has 3 N–H and O–H groups in total. The maximum atomic E-state index is 13.9. The molecule has 162 valence electrons. The summed E-state index contributed by atoms with van der Waals surface area (Å²) in [4.78, 5) is 36.1. The van der Waals surface area contributed by atoms with Gasteiger partial charge in [-0.15, -0.1) is 0 Å². The highest BCUT2D eigenvalue weighted by Crippen LogP contribution is 2.23. The lowest BCUT2D eigenvalue weighted by Crippen LogP contribution is -2.49. The maximum Gasteiger partial charge on any atom is 0.264 e. The summed E-state index contributed by atoms with van der Waals surface area (Å²) < 4.78 is 37.2. The molecule has 2 aromatic rings. The van der Waals surface area contributed by atoms with Crippen molar-refractivity contribution in [1.29, 1.82) is 0 Å². The topological polar surface area (TPSA) is 135 Å². The van der Waals surface area contributed by atoms with E-state index >= 15 is 0 Å². The van der Waals surface area contributed by atoms with E-state index in [-0.39, 0.29) is 18.5 Å². The number of sulfone groups is 1. The van der Waals surface area contributed by atoms with Crippen LogP contribution in [0.3, 0.4) is 0 Å². The van der Waals surface area contributed by atoms with E-state index < -0.39 is 37.8 Å². The van der Waals surface area contributed by atoms with E-state index in [9.17, 15) is 27.2 Å². The SMILES string of the molecule is CNC(=O)c1cc(F)cc(-c2ccn(CCC(C)(C(=O)NO)S(C)(=O)=O)c(=O)c2)c1. The van der Waals surface area contributed by atoms with Crippen LogP contribution in [0, 0.1) is 5.82 Å². The van der Waals surface area contributed by atoms with E-state index in [2.05, 4.69) is 5.32 Å². The fraction of sp³-hybridized carbons (Fsp3) is 0.316. The second-order valence-corrected chi connectivity index (χ2v) is 9.39. The van der Waals surface area contributed by atoms with Crippen LogP contribution in [0.4, 0.5) is 4.39 Å². The van der Waals surface area contributed by atoms with Gasteiger partial charge in [0.25, 0.3) is 17.4 Å². The first-order valence-corrected chi connectivity index (χ1v) is 10.7. The molecule has 0 aliphatic rings. The van der Waals surface area contributed by atoms with Gasteiger partial charge < -0.3 is 9.88 Å². The molecule has 30 heavy (non-hydrogen) atoms. The number of aromatic nitrogens is 1. The number of amides is 2. The molecule has 0 aliphatic heterocycles. The van der Waals surface area contributed by atoms with Crippen molar-refractivity contribution in [3.63, 3.8) is 0 Å². The van der Waals surface area contributed by atoms with Crippen molar-refractivity contribution in [2.75, 3.05) is 13.3 Å².